The number of alkyl halides is 3. The fourth-order valence-electron chi connectivity index (χ4n) is 1.40. The van der Waals surface area contributed by atoms with Crippen molar-refractivity contribution in [1.29, 1.82) is 0 Å². The Hall–Kier alpha value is -1.76. The predicted octanol–water partition coefficient (Wildman–Crippen LogP) is 2.17. The molecule has 19 heavy (non-hydrogen) atoms. The summed E-state index contributed by atoms with van der Waals surface area (Å²) < 4.78 is 48.1. The van der Waals surface area contributed by atoms with Gasteiger partial charge in [0.25, 0.3) is 0 Å². The second kappa shape index (κ2) is 5.08. The molecular weight excluding hydrogens is 263 g/mol. The molecule has 0 heterocycles. The van der Waals surface area contributed by atoms with Crippen molar-refractivity contribution in [2.45, 2.75) is 18.6 Å². The first kappa shape index (κ1) is 15.3. The average Bonchev–Trinajstić information content (AvgIpc) is 2.35. The van der Waals surface area contributed by atoms with E-state index >= 15 is 0 Å². The summed E-state index contributed by atoms with van der Waals surface area (Å²) in [4.78, 5) is 12.0. The van der Waals surface area contributed by atoms with E-state index in [0.717, 1.165) is 6.07 Å². The third-order valence-electron chi connectivity index (χ3n) is 2.71. The van der Waals surface area contributed by atoms with Gasteiger partial charge in [0.05, 0.1) is 19.8 Å². The third kappa shape index (κ3) is 2.81. The topological polar surface area (TPSA) is 61.5 Å². The second-order valence-electron chi connectivity index (χ2n) is 4.10. The molecule has 1 rings (SSSR count). The van der Waals surface area contributed by atoms with Gasteiger partial charge in [0.2, 0.25) is 0 Å². The SMILES string of the molecule is COc1ccc(OC)c(C(=O)C(C)(N)C(F)(F)F)c1. The molecule has 1 atom stereocenters. The summed E-state index contributed by atoms with van der Waals surface area (Å²) in [5.74, 6) is -1.04. The van der Waals surface area contributed by atoms with Crippen LogP contribution in [-0.4, -0.2) is 31.7 Å². The number of methoxy groups -OCH3 is 2. The van der Waals surface area contributed by atoms with Gasteiger partial charge in [-0.2, -0.15) is 13.2 Å². The summed E-state index contributed by atoms with van der Waals surface area (Å²) in [6.07, 6.45) is -4.86. The van der Waals surface area contributed by atoms with Gasteiger partial charge in [-0.05, 0) is 25.1 Å². The Morgan fingerprint density at radius 1 is 1.21 bits per heavy atom. The normalized spacial score (nSPS) is 14.7. The summed E-state index contributed by atoms with van der Waals surface area (Å²) in [5, 5.41) is 0. The first-order valence-corrected chi connectivity index (χ1v) is 5.27. The van der Waals surface area contributed by atoms with Crippen molar-refractivity contribution in [3.05, 3.63) is 23.8 Å². The number of benzene rings is 1. The minimum Gasteiger partial charge on any atom is -0.497 e. The molecular formula is C12H14F3NO3. The van der Waals surface area contributed by atoms with E-state index in [0.29, 0.717) is 6.92 Å². The highest BCUT2D eigenvalue weighted by atomic mass is 19.4. The fraction of sp³-hybridized carbons (Fsp3) is 0.417. The molecule has 4 nitrogen and oxygen atoms in total. The van der Waals surface area contributed by atoms with E-state index in [1.807, 2.05) is 0 Å². The molecule has 0 saturated heterocycles. The van der Waals surface area contributed by atoms with E-state index in [9.17, 15) is 18.0 Å². The maximum atomic E-state index is 12.8. The lowest BCUT2D eigenvalue weighted by molar-refractivity contribution is -0.165. The zero-order chi connectivity index (χ0) is 14.8. The molecule has 0 saturated carbocycles. The quantitative estimate of drug-likeness (QED) is 0.857. The van der Waals surface area contributed by atoms with Gasteiger partial charge < -0.3 is 15.2 Å². The van der Waals surface area contributed by atoms with Gasteiger partial charge in [-0.15, -0.1) is 0 Å². The van der Waals surface area contributed by atoms with Crippen LogP contribution in [0, 0.1) is 0 Å². The van der Waals surface area contributed by atoms with Gasteiger partial charge >= 0.3 is 6.18 Å². The lowest BCUT2D eigenvalue weighted by Crippen LogP contribution is -2.57. The molecule has 106 valence electrons. The summed E-state index contributed by atoms with van der Waals surface area (Å²) >= 11 is 0. The highest BCUT2D eigenvalue weighted by molar-refractivity contribution is 6.05. The van der Waals surface area contributed by atoms with Crippen LogP contribution in [0.3, 0.4) is 0 Å². The van der Waals surface area contributed by atoms with Crippen molar-refractivity contribution in [3.63, 3.8) is 0 Å². The Balaban J connectivity index is 3.33. The Kier molecular flexibility index (Phi) is 4.09. The molecule has 0 aliphatic carbocycles. The highest BCUT2D eigenvalue weighted by Crippen LogP contribution is 2.34. The highest BCUT2D eigenvalue weighted by Gasteiger charge is 2.54. The molecule has 0 amide bonds. The third-order valence-corrected chi connectivity index (χ3v) is 2.71. The molecule has 2 N–H and O–H groups in total. The monoisotopic (exact) mass is 277 g/mol. The number of hydrogen-bond acceptors (Lipinski definition) is 4. The smallest absolute Gasteiger partial charge is 0.413 e. The van der Waals surface area contributed by atoms with E-state index in [1.165, 1.54) is 26.4 Å². The molecule has 7 heteroatoms. The van der Waals surface area contributed by atoms with Gasteiger partial charge in [-0.3, -0.25) is 4.79 Å². The van der Waals surface area contributed by atoms with Gasteiger partial charge in [0, 0.05) is 0 Å². The zero-order valence-electron chi connectivity index (χ0n) is 10.7. The number of rotatable bonds is 4. The summed E-state index contributed by atoms with van der Waals surface area (Å²) in [5.41, 5.74) is 1.85. The van der Waals surface area contributed by atoms with E-state index < -0.39 is 17.5 Å². The molecule has 1 aromatic rings. The van der Waals surface area contributed by atoms with Crippen molar-refractivity contribution in [2.24, 2.45) is 5.73 Å². The minimum atomic E-state index is -4.86. The van der Waals surface area contributed by atoms with Crippen LogP contribution in [0.4, 0.5) is 13.2 Å². The summed E-state index contributed by atoms with van der Waals surface area (Å²) in [7, 11) is 2.58. The molecule has 0 aliphatic rings. The van der Waals surface area contributed by atoms with Gasteiger partial charge in [0.15, 0.2) is 11.3 Å². The van der Waals surface area contributed by atoms with Crippen LogP contribution < -0.4 is 15.2 Å². The predicted molar refractivity (Wildman–Crippen MR) is 62.5 cm³/mol. The number of ketones is 1. The number of carbonyl (C=O) groups excluding carboxylic acids is 1. The van der Waals surface area contributed by atoms with Crippen molar-refractivity contribution in [3.8, 4) is 11.5 Å². The van der Waals surface area contributed by atoms with E-state index in [1.54, 1.807) is 0 Å². The second-order valence-corrected chi connectivity index (χ2v) is 4.10. The number of hydrogen-bond donors (Lipinski definition) is 1. The largest absolute Gasteiger partial charge is 0.497 e. The van der Waals surface area contributed by atoms with Crippen molar-refractivity contribution >= 4 is 5.78 Å². The van der Waals surface area contributed by atoms with Crippen LogP contribution >= 0.6 is 0 Å². The maximum Gasteiger partial charge on any atom is 0.413 e. The van der Waals surface area contributed by atoms with Gasteiger partial charge in [-0.25, -0.2) is 0 Å². The molecule has 1 aromatic carbocycles. The first-order valence-electron chi connectivity index (χ1n) is 5.27. The number of Topliss-reactive ketones (excluding diaryl/α,β-unsaturated/α-hetero) is 1. The van der Waals surface area contributed by atoms with Crippen molar-refractivity contribution < 1.29 is 27.4 Å². The maximum absolute atomic E-state index is 12.8. The Bertz CT molecular complexity index is 484. The molecule has 0 aliphatic heterocycles. The Labute approximate surface area is 108 Å². The van der Waals surface area contributed by atoms with E-state index in [-0.39, 0.29) is 17.1 Å². The van der Waals surface area contributed by atoms with Crippen molar-refractivity contribution in [2.75, 3.05) is 14.2 Å². The van der Waals surface area contributed by atoms with Crippen LogP contribution in [0.15, 0.2) is 18.2 Å². The van der Waals surface area contributed by atoms with Crippen LogP contribution in [0.5, 0.6) is 11.5 Å². The van der Waals surface area contributed by atoms with E-state index in [4.69, 9.17) is 15.2 Å². The molecule has 0 fully saturated rings. The standard InChI is InChI=1S/C12H14F3NO3/c1-11(16,12(13,14)15)10(17)8-6-7(18-2)4-5-9(8)19-3/h4-6H,16H2,1-3H3. The van der Waals surface area contributed by atoms with Gasteiger partial charge in [-0.1, -0.05) is 0 Å². The van der Waals surface area contributed by atoms with Crippen LogP contribution in [0.25, 0.3) is 0 Å². The Morgan fingerprint density at radius 2 is 1.79 bits per heavy atom. The lowest BCUT2D eigenvalue weighted by atomic mass is 9.91. The van der Waals surface area contributed by atoms with Crippen molar-refractivity contribution in [1.82, 2.24) is 0 Å². The Morgan fingerprint density at radius 3 is 2.21 bits per heavy atom. The van der Waals surface area contributed by atoms with Gasteiger partial charge in [0.1, 0.15) is 11.5 Å². The number of halogens is 3. The number of nitrogens with two attached hydrogens (primary N) is 1. The lowest BCUT2D eigenvalue weighted by Gasteiger charge is -2.26. The fourth-order valence-corrected chi connectivity index (χ4v) is 1.40. The minimum absolute atomic E-state index is 0.00623. The number of ether oxygens (including phenoxy) is 2. The number of carbonyl (C=O) groups is 1. The molecule has 0 bridgehead atoms. The average molecular weight is 277 g/mol. The van der Waals surface area contributed by atoms with E-state index in [2.05, 4.69) is 0 Å². The van der Waals surface area contributed by atoms with Crippen LogP contribution in [-0.2, 0) is 0 Å². The summed E-state index contributed by atoms with van der Waals surface area (Å²) in [6.45, 7) is 0.619. The van der Waals surface area contributed by atoms with Crippen LogP contribution in [0.1, 0.15) is 17.3 Å². The van der Waals surface area contributed by atoms with Crippen LogP contribution in [0.2, 0.25) is 0 Å². The first-order chi connectivity index (χ1) is 8.65. The molecule has 0 aromatic heterocycles. The molecule has 1 unspecified atom stereocenters. The molecule has 0 radical (unpaired) electrons. The summed E-state index contributed by atoms with van der Waals surface area (Å²) in [6, 6.07) is 3.98. The molecule has 0 spiro atoms. The zero-order valence-corrected chi connectivity index (χ0v) is 10.7.